The van der Waals surface area contributed by atoms with E-state index in [0.717, 1.165) is 5.69 Å². The molecule has 3 heterocycles. The van der Waals surface area contributed by atoms with Gasteiger partial charge >= 0.3 is 0 Å². The van der Waals surface area contributed by atoms with Crippen molar-refractivity contribution in [1.29, 1.82) is 0 Å². The van der Waals surface area contributed by atoms with Crippen molar-refractivity contribution in [2.75, 3.05) is 5.32 Å². The average molecular weight is 320 g/mol. The van der Waals surface area contributed by atoms with Crippen molar-refractivity contribution in [3.05, 3.63) is 66.8 Å². The van der Waals surface area contributed by atoms with E-state index in [1.54, 1.807) is 42.9 Å². The Hall–Kier alpha value is -3.68. The molecule has 8 nitrogen and oxygen atoms in total. The molecule has 4 aromatic rings. The SMILES string of the molecule is O=C(Nc1ccc(-n2nccn2)cc1)c1cn[nH]c1-c1ccco1. The van der Waals surface area contributed by atoms with Crippen molar-refractivity contribution in [1.82, 2.24) is 25.2 Å². The van der Waals surface area contributed by atoms with Gasteiger partial charge in [-0.15, -0.1) is 0 Å². The molecular weight excluding hydrogens is 308 g/mol. The fourth-order valence-electron chi connectivity index (χ4n) is 2.29. The van der Waals surface area contributed by atoms with Gasteiger partial charge in [-0.1, -0.05) is 0 Å². The summed E-state index contributed by atoms with van der Waals surface area (Å²) in [6.07, 6.45) is 6.21. The number of nitrogens with one attached hydrogen (secondary N) is 2. The average Bonchev–Trinajstić information content (AvgIpc) is 3.35. The minimum absolute atomic E-state index is 0.278. The maximum atomic E-state index is 12.5. The Balaban J connectivity index is 1.54. The van der Waals surface area contributed by atoms with Gasteiger partial charge in [0.2, 0.25) is 0 Å². The van der Waals surface area contributed by atoms with Gasteiger partial charge in [0, 0.05) is 5.69 Å². The van der Waals surface area contributed by atoms with Crippen molar-refractivity contribution in [3.63, 3.8) is 0 Å². The largest absolute Gasteiger partial charge is 0.463 e. The van der Waals surface area contributed by atoms with Gasteiger partial charge in [-0.3, -0.25) is 9.89 Å². The van der Waals surface area contributed by atoms with Crippen molar-refractivity contribution in [2.45, 2.75) is 0 Å². The number of hydrogen-bond donors (Lipinski definition) is 2. The van der Waals surface area contributed by atoms with Gasteiger partial charge in [-0.05, 0) is 36.4 Å². The maximum Gasteiger partial charge on any atom is 0.259 e. The number of anilines is 1. The minimum atomic E-state index is -0.278. The van der Waals surface area contributed by atoms with Crippen molar-refractivity contribution in [3.8, 4) is 17.1 Å². The molecule has 0 radical (unpaired) electrons. The van der Waals surface area contributed by atoms with Crippen LogP contribution in [-0.2, 0) is 0 Å². The zero-order valence-corrected chi connectivity index (χ0v) is 12.4. The maximum absolute atomic E-state index is 12.5. The third-order valence-electron chi connectivity index (χ3n) is 3.43. The first-order valence-electron chi connectivity index (χ1n) is 7.16. The van der Waals surface area contributed by atoms with Crippen LogP contribution < -0.4 is 5.32 Å². The van der Waals surface area contributed by atoms with E-state index in [-0.39, 0.29) is 5.91 Å². The van der Waals surface area contributed by atoms with Crippen LogP contribution in [0.4, 0.5) is 5.69 Å². The van der Waals surface area contributed by atoms with Crippen LogP contribution in [0, 0.1) is 0 Å². The Labute approximate surface area is 136 Å². The van der Waals surface area contributed by atoms with E-state index in [0.29, 0.717) is 22.7 Å². The first kappa shape index (κ1) is 13.9. The molecule has 0 unspecified atom stereocenters. The normalized spacial score (nSPS) is 10.7. The summed E-state index contributed by atoms with van der Waals surface area (Å²) in [7, 11) is 0. The smallest absolute Gasteiger partial charge is 0.259 e. The van der Waals surface area contributed by atoms with Crippen LogP contribution in [0.15, 0.2) is 65.7 Å². The molecule has 4 rings (SSSR count). The topological polar surface area (TPSA) is 102 Å². The molecule has 118 valence electrons. The Morgan fingerprint density at radius 2 is 1.92 bits per heavy atom. The second kappa shape index (κ2) is 5.84. The van der Waals surface area contributed by atoms with E-state index < -0.39 is 0 Å². The molecule has 1 amide bonds. The predicted octanol–water partition coefficient (Wildman–Crippen LogP) is 2.50. The van der Waals surface area contributed by atoms with Gasteiger partial charge in [-0.2, -0.15) is 20.1 Å². The molecule has 8 heteroatoms. The molecule has 0 atom stereocenters. The quantitative estimate of drug-likeness (QED) is 0.601. The van der Waals surface area contributed by atoms with Gasteiger partial charge < -0.3 is 9.73 Å². The Bertz CT molecular complexity index is 939. The molecule has 0 saturated heterocycles. The minimum Gasteiger partial charge on any atom is -0.463 e. The van der Waals surface area contributed by atoms with Crippen LogP contribution in [0.3, 0.4) is 0 Å². The van der Waals surface area contributed by atoms with E-state index >= 15 is 0 Å². The van der Waals surface area contributed by atoms with Crippen LogP contribution >= 0.6 is 0 Å². The summed E-state index contributed by atoms with van der Waals surface area (Å²) in [6, 6.07) is 10.7. The number of amides is 1. The summed E-state index contributed by atoms with van der Waals surface area (Å²) in [5, 5.41) is 17.6. The molecule has 2 N–H and O–H groups in total. The number of rotatable bonds is 4. The highest BCUT2D eigenvalue weighted by molar-refractivity contribution is 6.07. The number of carbonyl (C=O) groups excluding carboxylic acids is 1. The van der Waals surface area contributed by atoms with E-state index in [1.807, 2.05) is 12.1 Å². The lowest BCUT2D eigenvalue weighted by Crippen LogP contribution is -2.12. The number of H-pyrrole nitrogens is 1. The molecule has 3 aromatic heterocycles. The van der Waals surface area contributed by atoms with Crippen LogP contribution in [0.5, 0.6) is 0 Å². The number of benzene rings is 1. The molecule has 0 bridgehead atoms. The van der Waals surface area contributed by atoms with Crippen molar-refractivity contribution < 1.29 is 9.21 Å². The first-order chi connectivity index (χ1) is 11.8. The lowest BCUT2D eigenvalue weighted by molar-refractivity contribution is 0.102. The van der Waals surface area contributed by atoms with Crippen molar-refractivity contribution >= 4 is 11.6 Å². The number of hydrogen-bond acceptors (Lipinski definition) is 5. The molecule has 0 spiro atoms. The Kier molecular flexibility index (Phi) is 3.39. The lowest BCUT2D eigenvalue weighted by Gasteiger charge is -2.06. The fraction of sp³-hybridized carbons (Fsp3) is 0. The number of aromatic nitrogens is 5. The summed E-state index contributed by atoms with van der Waals surface area (Å²) < 4.78 is 5.31. The van der Waals surface area contributed by atoms with Crippen LogP contribution in [-0.4, -0.2) is 31.1 Å². The third-order valence-corrected chi connectivity index (χ3v) is 3.43. The Morgan fingerprint density at radius 1 is 1.12 bits per heavy atom. The van der Waals surface area contributed by atoms with Gasteiger partial charge in [0.1, 0.15) is 5.69 Å². The molecule has 0 aliphatic rings. The molecule has 1 aromatic carbocycles. The van der Waals surface area contributed by atoms with E-state index in [9.17, 15) is 4.79 Å². The third kappa shape index (κ3) is 2.56. The van der Waals surface area contributed by atoms with Crippen LogP contribution in [0.25, 0.3) is 17.1 Å². The van der Waals surface area contributed by atoms with E-state index in [4.69, 9.17) is 4.42 Å². The second-order valence-electron chi connectivity index (χ2n) is 4.96. The van der Waals surface area contributed by atoms with Gasteiger partial charge in [-0.25, -0.2) is 0 Å². The number of aromatic amines is 1. The Morgan fingerprint density at radius 3 is 2.62 bits per heavy atom. The monoisotopic (exact) mass is 320 g/mol. The highest BCUT2D eigenvalue weighted by atomic mass is 16.3. The molecule has 0 fully saturated rings. The second-order valence-corrected chi connectivity index (χ2v) is 4.96. The summed E-state index contributed by atoms with van der Waals surface area (Å²) in [5.74, 6) is 0.276. The molecule has 0 aliphatic heterocycles. The molecule has 24 heavy (non-hydrogen) atoms. The molecule has 0 saturated carbocycles. The van der Waals surface area contributed by atoms with E-state index in [2.05, 4.69) is 25.7 Å². The van der Waals surface area contributed by atoms with E-state index in [1.165, 1.54) is 11.0 Å². The fourth-order valence-corrected chi connectivity index (χ4v) is 2.29. The zero-order chi connectivity index (χ0) is 16.4. The number of carbonyl (C=O) groups is 1. The number of furan rings is 1. The molecule has 0 aliphatic carbocycles. The van der Waals surface area contributed by atoms with Crippen LogP contribution in [0.1, 0.15) is 10.4 Å². The lowest BCUT2D eigenvalue weighted by atomic mass is 10.2. The summed E-state index contributed by atoms with van der Waals surface area (Å²) in [4.78, 5) is 14.0. The molecular formula is C16H12N6O2. The first-order valence-corrected chi connectivity index (χ1v) is 7.16. The summed E-state index contributed by atoms with van der Waals surface area (Å²) in [5.41, 5.74) is 2.40. The highest BCUT2D eigenvalue weighted by Crippen LogP contribution is 2.22. The van der Waals surface area contributed by atoms with Gasteiger partial charge in [0.25, 0.3) is 5.91 Å². The van der Waals surface area contributed by atoms with Gasteiger partial charge in [0.15, 0.2) is 5.76 Å². The van der Waals surface area contributed by atoms with Gasteiger partial charge in [0.05, 0.1) is 36.1 Å². The standard InChI is InChI=1S/C16H12N6O2/c23-16(13-10-17-21-15(13)14-2-1-9-24-14)20-11-3-5-12(6-4-11)22-18-7-8-19-22/h1-10H,(H,17,21)(H,20,23). The summed E-state index contributed by atoms with van der Waals surface area (Å²) >= 11 is 0. The highest BCUT2D eigenvalue weighted by Gasteiger charge is 2.17. The predicted molar refractivity (Wildman–Crippen MR) is 85.6 cm³/mol. The van der Waals surface area contributed by atoms with Crippen molar-refractivity contribution in [2.24, 2.45) is 0 Å². The number of nitrogens with zero attached hydrogens (tertiary/aromatic N) is 4. The zero-order valence-electron chi connectivity index (χ0n) is 12.4. The van der Waals surface area contributed by atoms with Crippen LogP contribution in [0.2, 0.25) is 0 Å². The summed E-state index contributed by atoms with van der Waals surface area (Å²) in [6.45, 7) is 0.